The molecule has 0 unspecified atom stereocenters. The number of thiazole rings is 1. The minimum absolute atomic E-state index is 0.312. The molecule has 1 aromatic carbocycles. The van der Waals surface area contributed by atoms with Crippen LogP contribution in [0.4, 0.5) is 4.39 Å². The first-order valence-electron chi connectivity index (χ1n) is 7.09. The van der Waals surface area contributed by atoms with E-state index in [1.807, 2.05) is 18.6 Å². The fourth-order valence-corrected chi connectivity index (χ4v) is 4.32. The molecule has 0 aliphatic carbocycles. The van der Waals surface area contributed by atoms with Crippen LogP contribution in [0.5, 0.6) is 0 Å². The highest BCUT2D eigenvalue weighted by Crippen LogP contribution is 2.27. The molecule has 23 heavy (non-hydrogen) atoms. The summed E-state index contributed by atoms with van der Waals surface area (Å²) in [7, 11) is 0.619. The van der Waals surface area contributed by atoms with Crippen LogP contribution in [0, 0.1) is 5.82 Å². The molecule has 0 aliphatic rings. The summed E-state index contributed by atoms with van der Waals surface area (Å²) in [5.41, 5.74) is 2.18. The molecular weight excluding hydrogens is 333 g/mol. The lowest BCUT2D eigenvalue weighted by Gasteiger charge is -2.11. The quantitative estimate of drug-likeness (QED) is 0.706. The Morgan fingerprint density at radius 1 is 1.39 bits per heavy atom. The first-order chi connectivity index (χ1) is 11.0. The van der Waals surface area contributed by atoms with Gasteiger partial charge in [-0.3, -0.25) is 8.89 Å². The van der Waals surface area contributed by atoms with Crippen LogP contribution in [0.25, 0.3) is 10.6 Å². The maximum absolute atomic E-state index is 13.8. The molecule has 0 aliphatic heterocycles. The third-order valence-electron chi connectivity index (χ3n) is 3.53. The van der Waals surface area contributed by atoms with Crippen molar-refractivity contribution in [1.29, 1.82) is 0 Å². The van der Waals surface area contributed by atoms with Gasteiger partial charge in [0.25, 0.3) is 0 Å². The van der Waals surface area contributed by atoms with Crippen molar-refractivity contribution >= 4 is 22.1 Å². The van der Waals surface area contributed by atoms with Crippen LogP contribution in [0.2, 0.25) is 0 Å². The topological polar surface area (TPSA) is 47.8 Å². The fraction of sp³-hybridized carbons (Fsp3) is 0.250. The minimum atomic E-state index is -1.23. The maximum atomic E-state index is 13.8. The van der Waals surface area contributed by atoms with E-state index < -0.39 is 10.8 Å². The van der Waals surface area contributed by atoms with E-state index >= 15 is 0 Å². The zero-order valence-corrected chi connectivity index (χ0v) is 14.4. The first kappa shape index (κ1) is 16.0. The molecule has 0 N–H and O–H groups in total. The second kappa shape index (κ2) is 6.72. The molecule has 3 rings (SSSR count). The minimum Gasteiger partial charge on any atom is -0.275 e. The van der Waals surface area contributed by atoms with Crippen molar-refractivity contribution in [3.63, 3.8) is 0 Å². The Bertz CT molecular complexity index is 843. The zero-order valence-electron chi connectivity index (χ0n) is 12.8. The Balaban J connectivity index is 1.73. The van der Waals surface area contributed by atoms with Crippen molar-refractivity contribution in [2.75, 3.05) is 0 Å². The van der Waals surface area contributed by atoms with E-state index in [4.69, 9.17) is 0 Å². The first-order valence-corrected chi connectivity index (χ1v) is 9.36. The molecule has 2 heterocycles. The molecule has 0 saturated carbocycles. The third kappa shape index (κ3) is 3.56. The van der Waals surface area contributed by atoms with Crippen LogP contribution < -0.4 is 0 Å². The SMILES string of the molecule is C[C@H](c1ccccc1F)[S@@](=O)Cc1csc(-c2cnn(C)c2)n1. The molecule has 3 aromatic rings. The molecular formula is C16H16FN3OS2. The lowest BCUT2D eigenvalue weighted by molar-refractivity contribution is 0.606. The summed E-state index contributed by atoms with van der Waals surface area (Å²) in [6.07, 6.45) is 3.64. The van der Waals surface area contributed by atoms with Crippen LogP contribution in [-0.4, -0.2) is 19.0 Å². The van der Waals surface area contributed by atoms with Gasteiger partial charge in [-0.05, 0) is 13.0 Å². The van der Waals surface area contributed by atoms with Crippen LogP contribution in [-0.2, 0) is 23.6 Å². The smallest absolute Gasteiger partial charge is 0.127 e. The van der Waals surface area contributed by atoms with Crippen LogP contribution in [0.3, 0.4) is 0 Å². The average Bonchev–Trinajstić information content (AvgIpc) is 3.16. The molecule has 7 heteroatoms. The summed E-state index contributed by atoms with van der Waals surface area (Å²) in [5, 5.41) is 6.49. The Hall–Kier alpha value is -1.86. The molecule has 120 valence electrons. The number of aromatic nitrogens is 3. The summed E-state index contributed by atoms with van der Waals surface area (Å²) in [6.45, 7) is 1.78. The van der Waals surface area contributed by atoms with E-state index in [1.165, 1.54) is 17.4 Å². The van der Waals surface area contributed by atoms with E-state index in [-0.39, 0.29) is 11.1 Å². The van der Waals surface area contributed by atoms with Crippen molar-refractivity contribution in [3.8, 4) is 10.6 Å². The molecule has 0 amide bonds. The highest BCUT2D eigenvalue weighted by atomic mass is 32.2. The standard InChI is InChI=1S/C16H16FN3OS2/c1-11(14-5-3-4-6-15(14)17)23(21)10-13-9-22-16(19-13)12-7-18-20(2)8-12/h3-9,11H,10H2,1-2H3/t11-,23+/m1/s1. The molecule has 0 radical (unpaired) electrons. The summed E-state index contributed by atoms with van der Waals surface area (Å²) in [4.78, 5) is 4.51. The highest BCUT2D eigenvalue weighted by molar-refractivity contribution is 7.84. The number of benzene rings is 1. The van der Waals surface area contributed by atoms with E-state index in [0.29, 0.717) is 11.3 Å². The Labute approximate surface area is 140 Å². The molecule has 2 aromatic heterocycles. The van der Waals surface area contributed by atoms with Crippen molar-refractivity contribution in [1.82, 2.24) is 14.8 Å². The number of rotatable bonds is 5. The normalized spacial score (nSPS) is 13.9. The van der Waals surface area contributed by atoms with Gasteiger partial charge in [0.2, 0.25) is 0 Å². The van der Waals surface area contributed by atoms with Gasteiger partial charge >= 0.3 is 0 Å². The van der Waals surface area contributed by atoms with Gasteiger partial charge < -0.3 is 0 Å². The molecule has 0 spiro atoms. The summed E-state index contributed by atoms with van der Waals surface area (Å²) in [5.74, 6) is -0.00520. The van der Waals surface area contributed by atoms with Crippen LogP contribution in [0.15, 0.2) is 42.0 Å². The monoisotopic (exact) mass is 349 g/mol. The van der Waals surface area contributed by atoms with Gasteiger partial charge in [-0.25, -0.2) is 9.37 Å². The Morgan fingerprint density at radius 3 is 2.87 bits per heavy atom. The molecule has 0 fully saturated rings. The predicted molar refractivity (Wildman–Crippen MR) is 91.0 cm³/mol. The van der Waals surface area contributed by atoms with Gasteiger partial charge in [0.05, 0.1) is 22.9 Å². The summed E-state index contributed by atoms with van der Waals surface area (Å²) < 4.78 is 28.0. The van der Waals surface area contributed by atoms with Gasteiger partial charge in [0, 0.05) is 40.6 Å². The lowest BCUT2D eigenvalue weighted by Crippen LogP contribution is -2.07. The number of aryl methyl sites for hydroxylation is 1. The highest BCUT2D eigenvalue weighted by Gasteiger charge is 2.18. The summed E-state index contributed by atoms with van der Waals surface area (Å²) in [6, 6.07) is 6.47. The molecule has 0 saturated heterocycles. The van der Waals surface area contributed by atoms with Gasteiger partial charge in [0.1, 0.15) is 10.8 Å². The molecule has 0 bridgehead atoms. The summed E-state index contributed by atoms with van der Waals surface area (Å²) >= 11 is 1.50. The largest absolute Gasteiger partial charge is 0.275 e. The predicted octanol–water partition coefficient (Wildman–Crippen LogP) is 3.69. The van der Waals surface area contributed by atoms with Crippen molar-refractivity contribution < 1.29 is 8.60 Å². The van der Waals surface area contributed by atoms with E-state index in [9.17, 15) is 8.60 Å². The van der Waals surface area contributed by atoms with E-state index in [1.54, 1.807) is 36.0 Å². The third-order valence-corrected chi connectivity index (χ3v) is 6.09. The maximum Gasteiger partial charge on any atom is 0.127 e. The number of hydrogen-bond acceptors (Lipinski definition) is 4. The van der Waals surface area contributed by atoms with Gasteiger partial charge in [0.15, 0.2) is 0 Å². The van der Waals surface area contributed by atoms with Gasteiger partial charge in [-0.2, -0.15) is 5.10 Å². The number of halogens is 1. The number of nitrogens with zero attached hydrogens (tertiary/aromatic N) is 3. The fourth-order valence-electron chi connectivity index (χ4n) is 2.25. The van der Waals surface area contributed by atoms with Gasteiger partial charge in [-0.15, -0.1) is 11.3 Å². The lowest BCUT2D eigenvalue weighted by atomic mass is 10.1. The van der Waals surface area contributed by atoms with E-state index in [0.717, 1.165) is 16.3 Å². The van der Waals surface area contributed by atoms with Crippen molar-refractivity contribution in [2.45, 2.75) is 17.9 Å². The van der Waals surface area contributed by atoms with E-state index in [2.05, 4.69) is 10.1 Å². The number of hydrogen-bond donors (Lipinski definition) is 0. The Morgan fingerprint density at radius 2 is 2.17 bits per heavy atom. The molecule has 2 atom stereocenters. The van der Waals surface area contributed by atoms with Gasteiger partial charge in [-0.1, -0.05) is 18.2 Å². The average molecular weight is 349 g/mol. The zero-order chi connectivity index (χ0) is 16.4. The van der Waals surface area contributed by atoms with Crippen molar-refractivity contribution in [3.05, 3.63) is 59.1 Å². The second-order valence-electron chi connectivity index (χ2n) is 5.24. The Kier molecular flexibility index (Phi) is 4.68. The van der Waals surface area contributed by atoms with Crippen molar-refractivity contribution in [2.24, 2.45) is 7.05 Å². The van der Waals surface area contributed by atoms with Crippen LogP contribution in [0.1, 0.15) is 23.4 Å². The second-order valence-corrected chi connectivity index (χ2v) is 7.85. The molecule has 4 nitrogen and oxygen atoms in total. The van der Waals surface area contributed by atoms with Crippen LogP contribution >= 0.6 is 11.3 Å².